The smallest absolute Gasteiger partial charge is 0.416 e. The van der Waals surface area contributed by atoms with Gasteiger partial charge in [0.15, 0.2) is 6.61 Å². The van der Waals surface area contributed by atoms with Crippen molar-refractivity contribution >= 4 is 18.3 Å². The molecule has 0 spiro atoms. The highest BCUT2D eigenvalue weighted by Crippen LogP contribution is 2.30. The van der Waals surface area contributed by atoms with E-state index in [2.05, 4.69) is 5.32 Å². The SMILES string of the molecule is Cl.NCCCNC(=O)COc1ccc(C(F)(F)F)cc1. The van der Waals surface area contributed by atoms with E-state index in [9.17, 15) is 18.0 Å². The van der Waals surface area contributed by atoms with Gasteiger partial charge in [0.1, 0.15) is 5.75 Å². The monoisotopic (exact) mass is 312 g/mol. The van der Waals surface area contributed by atoms with Crippen molar-refractivity contribution in [2.45, 2.75) is 12.6 Å². The summed E-state index contributed by atoms with van der Waals surface area (Å²) in [6.07, 6.45) is -3.72. The molecule has 0 heterocycles. The van der Waals surface area contributed by atoms with E-state index >= 15 is 0 Å². The normalized spacial score (nSPS) is 10.6. The van der Waals surface area contributed by atoms with Crippen LogP contribution < -0.4 is 15.8 Å². The molecule has 0 atom stereocenters. The fraction of sp³-hybridized carbons (Fsp3) is 0.417. The van der Waals surface area contributed by atoms with E-state index in [0.29, 0.717) is 19.5 Å². The summed E-state index contributed by atoms with van der Waals surface area (Å²) in [4.78, 5) is 11.3. The average Bonchev–Trinajstić information content (AvgIpc) is 2.36. The van der Waals surface area contributed by atoms with Gasteiger partial charge in [-0.3, -0.25) is 4.79 Å². The topological polar surface area (TPSA) is 64.3 Å². The van der Waals surface area contributed by atoms with Crippen molar-refractivity contribution in [3.05, 3.63) is 29.8 Å². The van der Waals surface area contributed by atoms with Crippen LogP contribution in [-0.2, 0) is 11.0 Å². The first-order chi connectivity index (χ1) is 8.93. The van der Waals surface area contributed by atoms with Crippen LogP contribution in [0.2, 0.25) is 0 Å². The summed E-state index contributed by atoms with van der Waals surface area (Å²) >= 11 is 0. The fourth-order valence-corrected chi connectivity index (χ4v) is 1.27. The molecule has 0 aliphatic carbocycles. The van der Waals surface area contributed by atoms with Gasteiger partial charge in [-0.1, -0.05) is 0 Å². The highest BCUT2D eigenvalue weighted by Gasteiger charge is 2.29. The summed E-state index contributed by atoms with van der Waals surface area (Å²) in [5, 5.41) is 2.57. The van der Waals surface area contributed by atoms with Crippen LogP contribution in [0.5, 0.6) is 5.75 Å². The molecule has 1 aromatic rings. The molecular formula is C12H16ClF3N2O2. The molecule has 3 N–H and O–H groups in total. The van der Waals surface area contributed by atoms with Gasteiger partial charge in [0, 0.05) is 6.54 Å². The molecule has 1 aromatic carbocycles. The summed E-state index contributed by atoms with van der Waals surface area (Å²) in [7, 11) is 0. The van der Waals surface area contributed by atoms with Gasteiger partial charge < -0.3 is 15.8 Å². The Bertz CT molecular complexity index is 410. The van der Waals surface area contributed by atoms with Crippen molar-refractivity contribution < 1.29 is 22.7 Å². The average molecular weight is 313 g/mol. The number of carbonyl (C=O) groups is 1. The zero-order chi connectivity index (χ0) is 14.3. The number of nitrogens with two attached hydrogens (primary N) is 1. The highest BCUT2D eigenvalue weighted by atomic mass is 35.5. The van der Waals surface area contributed by atoms with Gasteiger partial charge in [-0.05, 0) is 37.2 Å². The third-order valence-corrected chi connectivity index (χ3v) is 2.25. The van der Waals surface area contributed by atoms with Crippen LogP contribution in [0.15, 0.2) is 24.3 Å². The van der Waals surface area contributed by atoms with Crippen LogP contribution in [-0.4, -0.2) is 25.6 Å². The molecule has 8 heteroatoms. The van der Waals surface area contributed by atoms with Crippen LogP contribution in [0.4, 0.5) is 13.2 Å². The van der Waals surface area contributed by atoms with Crippen molar-refractivity contribution in [2.75, 3.05) is 19.7 Å². The summed E-state index contributed by atoms with van der Waals surface area (Å²) in [5.74, 6) is -0.129. The molecule has 0 aromatic heterocycles. The second kappa shape index (κ2) is 8.65. The Kier molecular flexibility index (Phi) is 8.02. The predicted octanol–water partition coefficient (Wildman–Crippen LogP) is 1.97. The number of hydrogen-bond donors (Lipinski definition) is 2. The van der Waals surface area contributed by atoms with Crippen molar-refractivity contribution in [1.29, 1.82) is 0 Å². The summed E-state index contributed by atoms with van der Waals surface area (Å²) in [5.41, 5.74) is 4.50. The third-order valence-electron chi connectivity index (χ3n) is 2.25. The second-order valence-corrected chi connectivity index (χ2v) is 3.80. The number of carbonyl (C=O) groups excluding carboxylic acids is 1. The molecule has 0 radical (unpaired) electrons. The first kappa shape index (κ1) is 18.5. The molecule has 0 saturated heterocycles. The van der Waals surface area contributed by atoms with E-state index in [4.69, 9.17) is 10.5 Å². The highest BCUT2D eigenvalue weighted by molar-refractivity contribution is 5.85. The van der Waals surface area contributed by atoms with Gasteiger partial charge in [0.2, 0.25) is 0 Å². The maximum Gasteiger partial charge on any atom is 0.416 e. The Morgan fingerprint density at radius 2 is 1.85 bits per heavy atom. The Hall–Kier alpha value is -1.47. The molecule has 4 nitrogen and oxygen atoms in total. The number of halogens is 4. The fourth-order valence-electron chi connectivity index (χ4n) is 1.27. The molecular weight excluding hydrogens is 297 g/mol. The largest absolute Gasteiger partial charge is 0.484 e. The summed E-state index contributed by atoms with van der Waals surface area (Å²) in [6, 6.07) is 4.16. The molecule has 0 saturated carbocycles. The molecule has 0 aliphatic heterocycles. The maximum absolute atomic E-state index is 12.3. The van der Waals surface area contributed by atoms with Crippen molar-refractivity contribution in [3.63, 3.8) is 0 Å². The minimum Gasteiger partial charge on any atom is -0.484 e. The van der Waals surface area contributed by atoms with Crippen LogP contribution >= 0.6 is 12.4 Å². The first-order valence-corrected chi connectivity index (χ1v) is 5.70. The third kappa shape index (κ3) is 6.63. The molecule has 114 valence electrons. The predicted molar refractivity (Wildman–Crippen MR) is 70.9 cm³/mol. The molecule has 0 bridgehead atoms. The van der Waals surface area contributed by atoms with Gasteiger partial charge in [0.05, 0.1) is 5.56 Å². The quantitative estimate of drug-likeness (QED) is 0.789. The van der Waals surface area contributed by atoms with Crippen molar-refractivity contribution in [2.24, 2.45) is 5.73 Å². The number of hydrogen-bond acceptors (Lipinski definition) is 3. The zero-order valence-corrected chi connectivity index (χ0v) is 11.4. The van der Waals surface area contributed by atoms with Crippen LogP contribution in [0.1, 0.15) is 12.0 Å². The number of ether oxygens (including phenoxy) is 1. The number of amides is 1. The van der Waals surface area contributed by atoms with E-state index in [1.165, 1.54) is 12.1 Å². The Morgan fingerprint density at radius 3 is 2.35 bits per heavy atom. The Morgan fingerprint density at radius 1 is 1.25 bits per heavy atom. The van der Waals surface area contributed by atoms with Crippen molar-refractivity contribution in [1.82, 2.24) is 5.32 Å². The maximum atomic E-state index is 12.3. The molecule has 0 fully saturated rings. The molecule has 0 unspecified atom stereocenters. The second-order valence-electron chi connectivity index (χ2n) is 3.80. The van der Waals surface area contributed by atoms with Crippen LogP contribution in [0.3, 0.4) is 0 Å². The number of benzene rings is 1. The van der Waals surface area contributed by atoms with Gasteiger partial charge in [-0.2, -0.15) is 13.2 Å². The zero-order valence-electron chi connectivity index (χ0n) is 10.6. The van der Waals surface area contributed by atoms with E-state index in [1.54, 1.807) is 0 Å². The lowest BCUT2D eigenvalue weighted by atomic mass is 10.2. The number of rotatable bonds is 6. The van der Waals surface area contributed by atoms with Gasteiger partial charge in [0.25, 0.3) is 5.91 Å². The molecule has 20 heavy (non-hydrogen) atoms. The van der Waals surface area contributed by atoms with Gasteiger partial charge in [-0.15, -0.1) is 12.4 Å². The lowest BCUT2D eigenvalue weighted by Gasteiger charge is -2.09. The molecule has 0 aliphatic rings. The molecule has 1 rings (SSSR count). The van der Waals surface area contributed by atoms with E-state index in [-0.39, 0.29) is 30.7 Å². The van der Waals surface area contributed by atoms with E-state index in [0.717, 1.165) is 12.1 Å². The Balaban J connectivity index is 0.00000361. The minimum absolute atomic E-state index is 0. The van der Waals surface area contributed by atoms with E-state index in [1.807, 2.05) is 0 Å². The van der Waals surface area contributed by atoms with Crippen LogP contribution in [0.25, 0.3) is 0 Å². The van der Waals surface area contributed by atoms with Gasteiger partial charge in [-0.25, -0.2) is 0 Å². The number of alkyl halides is 3. The van der Waals surface area contributed by atoms with Crippen molar-refractivity contribution in [3.8, 4) is 5.75 Å². The number of nitrogens with one attached hydrogen (secondary N) is 1. The minimum atomic E-state index is -4.38. The lowest BCUT2D eigenvalue weighted by Crippen LogP contribution is -2.30. The lowest BCUT2D eigenvalue weighted by molar-refractivity contribution is -0.137. The molecule has 1 amide bonds. The van der Waals surface area contributed by atoms with Gasteiger partial charge >= 0.3 is 6.18 Å². The summed E-state index contributed by atoms with van der Waals surface area (Å²) < 4.78 is 41.9. The van der Waals surface area contributed by atoms with Crippen LogP contribution in [0, 0.1) is 0 Å². The van der Waals surface area contributed by atoms with E-state index < -0.39 is 11.7 Å². The summed E-state index contributed by atoms with van der Waals surface area (Å²) in [6.45, 7) is 0.682. The first-order valence-electron chi connectivity index (χ1n) is 5.70. The standard InChI is InChI=1S/C12H15F3N2O2.ClH/c13-12(14,15)9-2-4-10(5-3-9)19-8-11(18)17-7-1-6-16;/h2-5H,1,6-8,16H2,(H,17,18);1H. The Labute approximate surface area is 120 Å².